The maximum absolute atomic E-state index is 13.9. The van der Waals surface area contributed by atoms with Crippen LogP contribution in [-0.4, -0.2) is 47.8 Å². The minimum absolute atomic E-state index is 0.0331. The molecule has 0 saturated carbocycles. The number of para-hydroxylation sites is 1. The summed E-state index contributed by atoms with van der Waals surface area (Å²) in [6, 6.07) is 26.8. The van der Waals surface area contributed by atoms with Gasteiger partial charge in [0.2, 0.25) is 17.7 Å². The summed E-state index contributed by atoms with van der Waals surface area (Å²) in [5.74, 6) is -0.479. The van der Waals surface area contributed by atoms with Crippen molar-refractivity contribution in [2.75, 3.05) is 18.4 Å². The van der Waals surface area contributed by atoms with E-state index in [9.17, 15) is 14.4 Å². The van der Waals surface area contributed by atoms with Crippen molar-refractivity contribution in [1.29, 1.82) is 0 Å². The number of nitrogens with zero attached hydrogens (tertiary/aromatic N) is 1. The summed E-state index contributed by atoms with van der Waals surface area (Å²) < 4.78 is 5.91. The molecule has 3 atom stereocenters. The van der Waals surface area contributed by atoms with Crippen LogP contribution in [0.2, 0.25) is 0 Å². The third-order valence-corrected chi connectivity index (χ3v) is 7.51. The van der Waals surface area contributed by atoms with E-state index in [0.29, 0.717) is 32.5 Å². The number of benzene rings is 3. The lowest BCUT2D eigenvalue weighted by atomic mass is 10.0. The summed E-state index contributed by atoms with van der Waals surface area (Å²) in [4.78, 5) is 40.1. The van der Waals surface area contributed by atoms with Crippen LogP contribution in [0.25, 0.3) is 0 Å². The average Bonchev–Trinajstić information content (AvgIpc) is 3.47. The van der Waals surface area contributed by atoms with E-state index in [4.69, 9.17) is 10.5 Å². The molecule has 1 aliphatic heterocycles. The lowest BCUT2D eigenvalue weighted by Gasteiger charge is -2.30. The highest BCUT2D eigenvalue weighted by molar-refractivity contribution is 5.88. The van der Waals surface area contributed by atoms with Crippen LogP contribution < -0.4 is 21.1 Å². The highest BCUT2D eigenvalue weighted by Crippen LogP contribution is 2.22. The Morgan fingerprint density at radius 1 is 0.951 bits per heavy atom. The molecule has 8 nitrogen and oxygen atoms in total. The van der Waals surface area contributed by atoms with Crippen LogP contribution in [-0.2, 0) is 27.4 Å². The number of carbonyl (C=O) groups excluding carboxylic acids is 3. The molecule has 8 heteroatoms. The zero-order valence-electron chi connectivity index (χ0n) is 23.6. The first kappa shape index (κ1) is 29.6. The molecule has 1 saturated heterocycles. The van der Waals surface area contributed by atoms with Crippen molar-refractivity contribution in [1.82, 2.24) is 10.2 Å². The number of anilines is 1. The quantitative estimate of drug-likeness (QED) is 0.274. The van der Waals surface area contributed by atoms with Gasteiger partial charge < -0.3 is 26.0 Å². The molecule has 41 heavy (non-hydrogen) atoms. The number of rotatable bonds is 14. The summed E-state index contributed by atoms with van der Waals surface area (Å²) >= 11 is 0. The van der Waals surface area contributed by atoms with Crippen LogP contribution in [0.15, 0.2) is 84.9 Å². The van der Waals surface area contributed by atoms with Crippen LogP contribution in [0, 0.1) is 5.92 Å². The normalized spacial score (nSPS) is 16.0. The minimum Gasteiger partial charge on any atom is -0.489 e. The second kappa shape index (κ2) is 14.9. The first-order valence-electron chi connectivity index (χ1n) is 14.3. The predicted octanol–water partition coefficient (Wildman–Crippen LogP) is 4.30. The van der Waals surface area contributed by atoms with E-state index >= 15 is 0 Å². The maximum Gasteiger partial charge on any atom is 0.245 e. The smallest absolute Gasteiger partial charge is 0.245 e. The number of ether oxygens (including phenoxy) is 1. The van der Waals surface area contributed by atoms with Gasteiger partial charge in [-0.3, -0.25) is 14.4 Å². The van der Waals surface area contributed by atoms with E-state index < -0.39 is 17.9 Å². The largest absolute Gasteiger partial charge is 0.489 e. The second-order valence-electron chi connectivity index (χ2n) is 10.7. The predicted molar refractivity (Wildman–Crippen MR) is 160 cm³/mol. The fourth-order valence-electron chi connectivity index (χ4n) is 4.98. The molecule has 4 N–H and O–H groups in total. The molecule has 1 fully saturated rings. The molecular weight excluding hydrogens is 516 g/mol. The van der Waals surface area contributed by atoms with E-state index in [1.165, 1.54) is 0 Å². The number of primary amides is 1. The molecule has 1 aliphatic rings. The Balaban J connectivity index is 1.42. The summed E-state index contributed by atoms with van der Waals surface area (Å²) in [5.41, 5.74) is 8.37. The standard InChI is InChI=1S/C33H40N4O4/c1-24(32(34)39)14-19-31(38)36-30(21-25-15-17-29(18-16-25)41-23-26-9-4-2-5-10-26)33(40)37-20-8-13-28(37)22-35-27-11-6-3-7-12-27/h2-7,9-12,15-18,24,28,30,35H,8,13-14,19-23H2,1H3,(H2,34,39)(H,36,38). The monoisotopic (exact) mass is 556 g/mol. The van der Waals surface area contributed by atoms with Gasteiger partial charge in [-0.2, -0.15) is 0 Å². The number of carbonyl (C=O) groups is 3. The van der Waals surface area contributed by atoms with Crippen molar-refractivity contribution in [2.24, 2.45) is 11.7 Å². The number of likely N-dealkylation sites (tertiary alicyclic amines) is 1. The molecule has 216 valence electrons. The third kappa shape index (κ3) is 9.10. The van der Waals surface area contributed by atoms with Gasteiger partial charge in [-0.05, 0) is 54.7 Å². The van der Waals surface area contributed by atoms with Crippen molar-refractivity contribution in [3.8, 4) is 5.75 Å². The lowest BCUT2D eigenvalue weighted by molar-refractivity contribution is -0.137. The zero-order valence-corrected chi connectivity index (χ0v) is 23.6. The molecule has 0 radical (unpaired) electrons. The Bertz CT molecular complexity index is 1270. The third-order valence-electron chi connectivity index (χ3n) is 7.51. The summed E-state index contributed by atoms with van der Waals surface area (Å²) in [6.07, 6.45) is 2.62. The molecular formula is C33H40N4O4. The van der Waals surface area contributed by atoms with Crippen molar-refractivity contribution in [3.63, 3.8) is 0 Å². The van der Waals surface area contributed by atoms with Gasteiger partial charge in [0.1, 0.15) is 18.4 Å². The number of hydrogen-bond acceptors (Lipinski definition) is 5. The zero-order chi connectivity index (χ0) is 29.0. The van der Waals surface area contributed by atoms with E-state index in [1.54, 1.807) is 6.92 Å². The molecule has 0 bridgehead atoms. The first-order chi connectivity index (χ1) is 19.9. The van der Waals surface area contributed by atoms with Crippen molar-refractivity contribution in [3.05, 3.63) is 96.1 Å². The highest BCUT2D eigenvalue weighted by atomic mass is 16.5. The molecule has 4 rings (SSSR count). The highest BCUT2D eigenvalue weighted by Gasteiger charge is 2.34. The van der Waals surface area contributed by atoms with Crippen molar-refractivity contribution >= 4 is 23.4 Å². The van der Waals surface area contributed by atoms with Gasteiger partial charge in [0.05, 0.1) is 0 Å². The van der Waals surface area contributed by atoms with Crippen LogP contribution in [0.4, 0.5) is 5.69 Å². The number of nitrogens with one attached hydrogen (secondary N) is 2. The number of amides is 3. The summed E-state index contributed by atoms with van der Waals surface area (Å²) in [7, 11) is 0. The number of hydrogen-bond donors (Lipinski definition) is 3. The molecule has 0 spiro atoms. The maximum atomic E-state index is 13.9. The van der Waals surface area contributed by atoms with E-state index in [-0.39, 0.29) is 24.3 Å². The van der Waals surface area contributed by atoms with Crippen LogP contribution in [0.5, 0.6) is 5.75 Å². The van der Waals surface area contributed by atoms with Crippen molar-refractivity contribution < 1.29 is 19.1 Å². The van der Waals surface area contributed by atoms with Gasteiger partial charge in [0, 0.05) is 43.6 Å². The summed E-state index contributed by atoms with van der Waals surface area (Å²) in [5, 5.41) is 6.39. The second-order valence-corrected chi connectivity index (χ2v) is 10.7. The Kier molecular flexibility index (Phi) is 10.8. The molecule has 0 aliphatic carbocycles. The van der Waals surface area contributed by atoms with E-state index in [0.717, 1.165) is 35.4 Å². The first-order valence-corrected chi connectivity index (χ1v) is 14.3. The molecule has 3 amide bonds. The van der Waals surface area contributed by atoms with Gasteiger partial charge >= 0.3 is 0 Å². The Hall–Kier alpha value is -4.33. The average molecular weight is 557 g/mol. The Morgan fingerprint density at radius 2 is 1.63 bits per heavy atom. The Labute approximate surface area is 242 Å². The number of nitrogens with two attached hydrogens (primary N) is 1. The molecule has 1 heterocycles. The Morgan fingerprint density at radius 3 is 2.32 bits per heavy atom. The topological polar surface area (TPSA) is 114 Å². The van der Waals surface area contributed by atoms with Crippen LogP contribution in [0.3, 0.4) is 0 Å². The fourth-order valence-corrected chi connectivity index (χ4v) is 4.98. The molecule has 3 aromatic rings. The van der Waals surface area contributed by atoms with Gasteiger partial charge in [-0.25, -0.2) is 0 Å². The molecule has 3 aromatic carbocycles. The van der Waals surface area contributed by atoms with Gasteiger partial charge in [0.25, 0.3) is 0 Å². The molecule has 0 aromatic heterocycles. The minimum atomic E-state index is -0.722. The van der Waals surface area contributed by atoms with Gasteiger partial charge in [-0.1, -0.05) is 67.6 Å². The lowest BCUT2D eigenvalue weighted by Crippen LogP contribution is -2.52. The molecule has 3 unspecified atom stereocenters. The van der Waals surface area contributed by atoms with Crippen LogP contribution >= 0.6 is 0 Å². The van der Waals surface area contributed by atoms with E-state index in [2.05, 4.69) is 10.6 Å². The fraction of sp³-hybridized carbons (Fsp3) is 0.364. The van der Waals surface area contributed by atoms with Gasteiger partial charge in [0.15, 0.2) is 0 Å². The van der Waals surface area contributed by atoms with Gasteiger partial charge in [-0.15, -0.1) is 0 Å². The van der Waals surface area contributed by atoms with Crippen LogP contribution in [0.1, 0.15) is 43.7 Å². The summed E-state index contributed by atoms with van der Waals surface area (Å²) in [6.45, 7) is 3.46. The SMILES string of the molecule is CC(CCC(=O)NC(Cc1ccc(OCc2ccccc2)cc1)C(=O)N1CCCC1CNc1ccccc1)C(N)=O. The van der Waals surface area contributed by atoms with Crippen molar-refractivity contribution in [2.45, 2.75) is 57.7 Å². The van der Waals surface area contributed by atoms with E-state index in [1.807, 2.05) is 89.8 Å².